The summed E-state index contributed by atoms with van der Waals surface area (Å²) in [6, 6.07) is 9.03. The molecule has 0 aliphatic carbocycles. The minimum atomic E-state index is -0.568. The molecule has 0 spiro atoms. The van der Waals surface area contributed by atoms with Gasteiger partial charge in [0.15, 0.2) is 5.65 Å². The van der Waals surface area contributed by atoms with Gasteiger partial charge in [-0.3, -0.25) is 19.1 Å². The quantitative estimate of drug-likeness (QED) is 0.438. The van der Waals surface area contributed by atoms with Crippen LogP contribution in [0.15, 0.2) is 45.1 Å². The summed E-state index contributed by atoms with van der Waals surface area (Å²) in [7, 11) is 1.90. The molecular formula is C20H21N7O3S. The van der Waals surface area contributed by atoms with Crippen LogP contribution in [0.5, 0.6) is 0 Å². The number of H-pyrrole nitrogens is 1. The molecule has 0 bridgehead atoms. The molecule has 0 radical (unpaired) electrons. The van der Waals surface area contributed by atoms with Gasteiger partial charge in [0.2, 0.25) is 11.1 Å². The second-order valence-electron chi connectivity index (χ2n) is 7.51. The van der Waals surface area contributed by atoms with E-state index in [1.807, 2.05) is 49.7 Å². The van der Waals surface area contributed by atoms with E-state index in [-0.39, 0.29) is 23.4 Å². The Balaban J connectivity index is 1.52. The standard InChI is InChI=1S/C20H21N7O3S/c1-11(2)9-27-14(8-15(28)22-20(27)30)21-16(29)10-31-19-23-18-17(24-25-19)12-6-4-5-7-13(12)26(18)3/h4-8,11H,9-10H2,1-3H3,(H,21,29)(H,22,28,30). The Morgan fingerprint density at radius 1 is 1.23 bits per heavy atom. The van der Waals surface area contributed by atoms with Gasteiger partial charge in [-0.15, -0.1) is 10.2 Å². The highest BCUT2D eigenvalue weighted by molar-refractivity contribution is 7.99. The summed E-state index contributed by atoms with van der Waals surface area (Å²) < 4.78 is 3.28. The number of aromatic nitrogens is 6. The molecule has 1 aromatic carbocycles. The van der Waals surface area contributed by atoms with E-state index in [1.54, 1.807) is 0 Å². The van der Waals surface area contributed by atoms with Crippen molar-refractivity contribution >= 4 is 45.6 Å². The lowest BCUT2D eigenvalue weighted by atomic mass is 10.2. The minimum Gasteiger partial charge on any atom is -0.327 e. The Morgan fingerprint density at radius 2 is 2.00 bits per heavy atom. The highest BCUT2D eigenvalue weighted by atomic mass is 32.2. The van der Waals surface area contributed by atoms with Gasteiger partial charge < -0.3 is 9.88 Å². The van der Waals surface area contributed by atoms with E-state index in [0.717, 1.165) is 22.7 Å². The number of rotatable bonds is 6. The third-order valence-electron chi connectivity index (χ3n) is 4.67. The molecule has 3 aromatic heterocycles. The van der Waals surface area contributed by atoms with E-state index in [2.05, 4.69) is 25.5 Å². The van der Waals surface area contributed by atoms with Crippen LogP contribution in [0.3, 0.4) is 0 Å². The molecule has 11 heteroatoms. The fourth-order valence-corrected chi connectivity index (χ4v) is 3.91. The van der Waals surface area contributed by atoms with Crippen molar-refractivity contribution in [2.24, 2.45) is 13.0 Å². The Labute approximate surface area is 180 Å². The number of nitrogens with one attached hydrogen (secondary N) is 2. The van der Waals surface area contributed by atoms with Crippen LogP contribution in [0.1, 0.15) is 13.8 Å². The first-order chi connectivity index (χ1) is 14.8. The van der Waals surface area contributed by atoms with Crippen molar-refractivity contribution in [1.82, 2.24) is 29.3 Å². The third kappa shape index (κ3) is 4.22. The van der Waals surface area contributed by atoms with Crippen molar-refractivity contribution < 1.29 is 4.79 Å². The smallest absolute Gasteiger partial charge is 0.327 e. The summed E-state index contributed by atoms with van der Waals surface area (Å²) in [6.45, 7) is 4.24. The number of thioether (sulfide) groups is 1. The molecule has 0 saturated carbocycles. The number of hydrogen-bond donors (Lipinski definition) is 2. The van der Waals surface area contributed by atoms with E-state index in [4.69, 9.17) is 0 Å². The van der Waals surface area contributed by atoms with Crippen LogP contribution >= 0.6 is 11.8 Å². The molecule has 10 nitrogen and oxygen atoms in total. The normalized spacial score (nSPS) is 11.5. The maximum absolute atomic E-state index is 12.5. The summed E-state index contributed by atoms with van der Waals surface area (Å²) in [4.78, 5) is 43.0. The second kappa shape index (κ2) is 8.34. The van der Waals surface area contributed by atoms with Gasteiger partial charge in [-0.1, -0.05) is 43.8 Å². The molecule has 2 N–H and O–H groups in total. The number of hydrogen-bond acceptors (Lipinski definition) is 7. The highest BCUT2D eigenvalue weighted by Gasteiger charge is 2.15. The van der Waals surface area contributed by atoms with Crippen LogP contribution in [0.4, 0.5) is 5.82 Å². The van der Waals surface area contributed by atoms with Gasteiger partial charge in [0.05, 0.1) is 11.3 Å². The molecule has 0 fully saturated rings. The van der Waals surface area contributed by atoms with Gasteiger partial charge in [0, 0.05) is 25.0 Å². The predicted octanol–water partition coefficient (Wildman–Crippen LogP) is 1.75. The number of carbonyl (C=O) groups is 1. The Kier molecular flexibility index (Phi) is 5.59. The number of para-hydroxylation sites is 1. The average molecular weight is 440 g/mol. The van der Waals surface area contributed by atoms with Gasteiger partial charge in [0.1, 0.15) is 11.3 Å². The van der Waals surface area contributed by atoms with E-state index in [0.29, 0.717) is 22.9 Å². The lowest BCUT2D eigenvalue weighted by molar-refractivity contribution is -0.113. The summed E-state index contributed by atoms with van der Waals surface area (Å²) in [5, 5.41) is 12.4. The van der Waals surface area contributed by atoms with Crippen LogP contribution < -0.4 is 16.6 Å². The number of amides is 1. The molecule has 0 aliphatic heterocycles. The van der Waals surface area contributed by atoms with Gasteiger partial charge in [0.25, 0.3) is 5.56 Å². The van der Waals surface area contributed by atoms with E-state index >= 15 is 0 Å². The SMILES string of the molecule is CC(C)Cn1c(NC(=O)CSc2nnc3c4ccccc4n(C)c3n2)cc(=O)[nH]c1=O. The summed E-state index contributed by atoms with van der Waals surface area (Å²) >= 11 is 1.13. The third-order valence-corrected chi connectivity index (χ3v) is 5.51. The number of benzene rings is 1. The molecule has 3 heterocycles. The van der Waals surface area contributed by atoms with Crippen molar-refractivity contribution in [3.8, 4) is 0 Å². The Bertz CT molecular complexity index is 1400. The van der Waals surface area contributed by atoms with Crippen molar-refractivity contribution in [3.05, 3.63) is 51.2 Å². The van der Waals surface area contributed by atoms with Gasteiger partial charge >= 0.3 is 5.69 Å². The lowest BCUT2D eigenvalue weighted by Crippen LogP contribution is -2.34. The molecule has 0 saturated heterocycles. The number of aryl methyl sites for hydroxylation is 1. The van der Waals surface area contributed by atoms with E-state index < -0.39 is 11.2 Å². The Hall–Kier alpha value is -3.47. The number of aromatic amines is 1. The van der Waals surface area contributed by atoms with Crippen LogP contribution in [0, 0.1) is 5.92 Å². The predicted molar refractivity (Wildman–Crippen MR) is 119 cm³/mol. The van der Waals surface area contributed by atoms with Gasteiger partial charge in [-0.05, 0) is 12.0 Å². The molecule has 4 aromatic rings. The second-order valence-corrected chi connectivity index (χ2v) is 8.45. The maximum Gasteiger partial charge on any atom is 0.329 e. The number of anilines is 1. The highest BCUT2D eigenvalue weighted by Crippen LogP contribution is 2.25. The largest absolute Gasteiger partial charge is 0.329 e. The molecule has 31 heavy (non-hydrogen) atoms. The zero-order valence-electron chi connectivity index (χ0n) is 17.2. The van der Waals surface area contributed by atoms with Crippen LogP contribution in [0.2, 0.25) is 0 Å². The number of carbonyl (C=O) groups excluding carboxylic acids is 1. The average Bonchev–Trinajstić information content (AvgIpc) is 3.01. The van der Waals surface area contributed by atoms with Crippen molar-refractivity contribution in [3.63, 3.8) is 0 Å². The minimum absolute atomic E-state index is 0.000201. The van der Waals surface area contributed by atoms with E-state index in [1.165, 1.54) is 10.6 Å². The van der Waals surface area contributed by atoms with Crippen molar-refractivity contribution in [1.29, 1.82) is 0 Å². The zero-order chi connectivity index (χ0) is 22.1. The topological polar surface area (TPSA) is 128 Å². The fourth-order valence-electron chi connectivity index (χ4n) is 3.33. The van der Waals surface area contributed by atoms with Gasteiger partial charge in [-0.25, -0.2) is 9.78 Å². The first-order valence-electron chi connectivity index (χ1n) is 9.68. The number of nitrogens with zero attached hydrogens (tertiary/aromatic N) is 5. The van der Waals surface area contributed by atoms with Crippen molar-refractivity contribution in [2.45, 2.75) is 25.5 Å². The molecule has 0 aliphatic rings. The van der Waals surface area contributed by atoms with Gasteiger partial charge in [-0.2, -0.15) is 0 Å². The van der Waals surface area contributed by atoms with Crippen LogP contribution in [0.25, 0.3) is 22.1 Å². The summed E-state index contributed by atoms with van der Waals surface area (Å²) in [6.07, 6.45) is 0. The molecule has 0 unspecified atom stereocenters. The summed E-state index contributed by atoms with van der Waals surface area (Å²) in [5.41, 5.74) is 1.25. The molecule has 0 atom stereocenters. The molecule has 4 rings (SSSR count). The molecule has 160 valence electrons. The zero-order valence-corrected chi connectivity index (χ0v) is 18.1. The van der Waals surface area contributed by atoms with Crippen LogP contribution in [-0.2, 0) is 18.4 Å². The molecule has 1 amide bonds. The van der Waals surface area contributed by atoms with Crippen molar-refractivity contribution in [2.75, 3.05) is 11.1 Å². The summed E-state index contributed by atoms with van der Waals surface area (Å²) in [5.74, 6) is -0.0649. The maximum atomic E-state index is 12.5. The lowest BCUT2D eigenvalue weighted by Gasteiger charge is -2.14. The van der Waals surface area contributed by atoms with Crippen LogP contribution in [-0.4, -0.2) is 41.0 Å². The first-order valence-corrected chi connectivity index (χ1v) is 10.7. The fraction of sp³-hybridized carbons (Fsp3) is 0.300. The monoisotopic (exact) mass is 439 g/mol. The number of fused-ring (bicyclic) bond motifs is 3. The molecular weight excluding hydrogens is 418 g/mol. The van der Waals surface area contributed by atoms with E-state index in [9.17, 15) is 14.4 Å². The Morgan fingerprint density at radius 3 is 2.77 bits per heavy atom. The first kappa shape index (κ1) is 20.8.